The number of hydrogen-bond acceptors (Lipinski definition) is 2. The van der Waals surface area contributed by atoms with Gasteiger partial charge < -0.3 is 5.32 Å². The second kappa shape index (κ2) is 4.11. The van der Waals surface area contributed by atoms with Gasteiger partial charge in [-0.1, -0.05) is 36.4 Å². The summed E-state index contributed by atoms with van der Waals surface area (Å²) in [5.74, 6) is -0.0727. The predicted octanol–water partition coefficient (Wildman–Crippen LogP) is 3.35. The van der Waals surface area contributed by atoms with Crippen molar-refractivity contribution in [1.29, 1.82) is 0 Å². The van der Waals surface area contributed by atoms with Gasteiger partial charge in [-0.15, -0.1) is 0 Å². The molecular weight excluding hydrogens is 224 g/mol. The maximum Gasteiger partial charge on any atom is 0.221 e. The van der Waals surface area contributed by atoms with Crippen LogP contribution in [0.25, 0.3) is 21.8 Å². The molecule has 1 aromatic heterocycles. The summed E-state index contributed by atoms with van der Waals surface area (Å²) in [5, 5.41) is 4.84. The van der Waals surface area contributed by atoms with Gasteiger partial charge in [-0.25, -0.2) is 4.98 Å². The fraction of sp³-hybridized carbons (Fsp3) is 0.0667. The number of aromatic nitrogens is 1. The number of amides is 1. The van der Waals surface area contributed by atoms with Gasteiger partial charge in [-0.05, 0) is 12.1 Å². The first-order chi connectivity index (χ1) is 8.75. The van der Waals surface area contributed by atoms with Crippen molar-refractivity contribution in [1.82, 2.24) is 4.98 Å². The minimum Gasteiger partial charge on any atom is -0.325 e. The molecule has 0 saturated heterocycles. The van der Waals surface area contributed by atoms with E-state index in [-0.39, 0.29) is 5.91 Å². The van der Waals surface area contributed by atoms with E-state index >= 15 is 0 Å². The molecule has 0 fully saturated rings. The van der Waals surface area contributed by atoms with E-state index in [9.17, 15) is 4.79 Å². The minimum absolute atomic E-state index is 0.0727. The van der Waals surface area contributed by atoms with Crippen molar-refractivity contribution in [3.8, 4) is 0 Å². The lowest BCUT2D eigenvalue weighted by atomic mass is 10.1. The summed E-state index contributed by atoms with van der Waals surface area (Å²) < 4.78 is 0. The van der Waals surface area contributed by atoms with Crippen LogP contribution in [0, 0.1) is 0 Å². The summed E-state index contributed by atoms with van der Waals surface area (Å²) in [6, 6.07) is 15.6. The quantitative estimate of drug-likeness (QED) is 0.658. The average Bonchev–Trinajstić information content (AvgIpc) is 2.38. The normalized spacial score (nSPS) is 10.7. The molecule has 1 heterocycles. The van der Waals surface area contributed by atoms with Gasteiger partial charge in [0.05, 0.1) is 16.7 Å². The molecule has 0 unspecified atom stereocenters. The monoisotopic (exact) mass is 236 g/mol. The zero-order chi connectivity index (χ0) is 12.5. The number of carbonyl (C=O) groups is 1. The van der Waals surface area contributed by atoms with E-state index in [1.807, 2.05) is 48.5 Å². The fourth-order valence-corrected chi connectivity index (χ4v) is 2.15. The van der Waals surface area contributed by atoms with Gasteiger partial charge in [0.25, 0.3) is 0 Å². The third-order valence-electron chi connectivity index (χ3n) is 2.89. The Morgan fingerprint density at radius 2 is 1.44 bits per heavy atom. The smallest absolute Gasteiger partial charge is 0.221 e. The molecule has 0 radical (unpaired) electrons. The summed E-state index contributed by atoms with van der Waals surface area (Å²) in [4.78, 5) is 16.0. The number of nitrogens with zero attached hydrogens (tertiary/aromatic N) is 1. The highest BCUT2D eigenvalue weighted by Gasteiger charge is 2.08. The molecule has 3 nitrogen and oxygen atoms in total. The van der Waals surface area contributed by atoms with Crippen LogP contribution in [0.1, 0.15) is 6.92 Å². The van der Waals surface area contributed by atoms with Crippen molar-refractivity contribution >= 4 is 33.4 Å². The van der Waals surface area contributed by atoms with Crippen molar-refractivity contribution in [2.24, 2.45) is 0 Å². The number of nitrogens with one attached hydrogen (secondary N) is 1. The lowest BCUT2D eigenvalue weighted by Crippen LogP contribution is -2.07. The first-order valence-electron chi connectivity index (χ1n) is 5.81. The Morgan fingerprint density at radius 1 is 0.944 bits per heavy atom. The Morgan fingerprint density at radius 3 is 1.94 bits per heavy atom. The number of para-hydroxylation sites is 2. The van der Waals surface area contributed by atoms with Crippen molar-refractivity contribution in [3.05, 3.63) is 48.5 Å². The molecule has 1 N–H and O–H groups in total. The van der Waals surface area contributed by atoms with Gasteiger partial charge in [-0.3, -0.25) is 4.79 Å². The van der Waals surface area contributed by atoms with Crippen LogP contribution in [0.2, 0.25) is 0 Å². The van der Waals surface area contributed by atoms with E-state index in [0.717, 1.165) is 27.5 Å². The van der Waals surface area contributed by atoms with E-state index < -0.39 is 0 Å². The van der Waals surface area contributed by atoms with Gasteiger partial charge >= 0.3 is 0 Å². The fourth-order valence-electron chi connectivity index (χ4n) is 2.15. The SMILES string of the molecule is CC(=O)Nc1c2ccccc2nc2ccccc12. The van der Waals surface area contributed by atoms with Crippen LogP contribution in [0.15, 0.2) is 48.5 Å². The highest BCUT2D eigenvalue weighted by atomic mass is 16.1. The number of hydrogen-bond donors (Lipinski definition) is 1. The van der Waals surface area contributed by atoms with Crippen LogP contribution >= 0.6 is 0 Å². The average molecular weight is 236 g/mol. The number of pyridine rings is 1. The number of benzene rings is 2. The molecule has 3 aromatic rings. The van der Waals surface area contributed by atoms with Gasteiger partial charge in [0, 0.05) is 17.7 Å². The maximum atomic E-state index is 11.4. The number of rotatable bonds is 1. The lowest BCUT2D eigenvalue weighted by molar-refractivity contribution is -0.114. The third kappa shape index (κ3) is 1.70. The second-order valence-corrected chi connectivity index (χ2v) is 4.20. The summed E-state index contributed by atoms with van der Waals surface area (Å²) in [5.41, 5.74) is 2.61. The van der Waals surface area contributed by atoms with Crippen LogP contribution in [-0.2, 0) is 4.79 Å². The Kier molecular flexibility index (Phi) is 2.45. The minimum atomic E-state index is -0.0727. The molecule has 0 bridgehead atoms. The van der Waals surface area contributed by atoms with E-state index in [1.54, 1.807) is 0 Å². The van der Waals surface area contributed by atoms with Gasteiger partial charge in [-0.2, -0.15) is 0 Å². The summed E-state index contributed by atoms with van der Waals surface area (Å²) in [7, 11) is 0. The second-order valence-electron chi connectivity index (χ2n) is 4.20. The molecule has 88 valence electrons. The molecule has 18 heavy (non-hydrogen) atoms. The van der Waals surface area contributed by atoms with E-state index in [2.05, 4.69) is 10.3 Å². The standard InChI is InChI=1S/C15H12N2O/c1-10(18)16-15-11-6-2-4-8-13(11)17-14-9-5-3-7-12(14)15/h2-9H,1H3,(H,16,17,18). The Balaban J connectivity index is 2.45. The van der Waals surface area contributed by atoms with Crippen molar-refractivity contribution in [2.75, 3.05) is 5.32 Å². The van der Waals surface area contributed by atoms with Crippen molar-refractivity contribution in [2.45, 2.75) is 6.92 Å². The molecule has 0 atom stereocenters. The molecule has 0 spiro atoms. The highest BCUT2D eigenvalue weighted by molar-refractivity contribution is 6.12. The molecule has 0 saturated carbocycles. The van der Waals surface area contributed by atoms with Crippen LogP contribution in [0.5, 0.6) is 0 Å². The molecule has 2 aromatic carbocycles. The van der Waals surface area contributed by atoms with Crippen LogP contribution in [0.3, 0.4) is 0 Å². The van der Waals surface area contributed by atoms with Crippen molar-refractivity contribution in [3.63, 3.8) is 0 Å². The molecule has 0 aliphatic rings. The topological polar surface area (TPSA) is 42.0 Å². The van der Waals surface area contributed by atoms with Crippen LogP contribution in [0.4, 0.5) is 5.69 Å². The van der Waals surface area contributed by atoms with E-state index in [0.29, 0.717) is 0 Å². The summed E-state index contributed by atoms with van der Waals surface area (Å²) in [6.07, 6.45) is 0. The largest absolute Gasteiger partial charge is 0.325 e. The maximum absolute atomic E-state index is 11.4. The first-order valence-corrected chi connectivity index (χ1v) is 5.81. The van der Waals surface area contributed by atoms with E-state index in [4.69, 9.17) is 0 Å². The molecule has 0 aliphatic carbocycles. The zero-order valence-corrected chi connectivity index (χ0v) is 9.97. The van der Waals surface area contributed by atoms with E-state index in [1.165, 1.54) is 6.92 Å². The highest BCUT2D eigenvalue weighted by Crippen LogP contribution is 2.30. The van der Waals surface area contributed by atoms with Crippen molar-refractivity contribution < 1.29 is 4.79 Å². The zero-order valence-electron chi connectivity index (χ0n) is 9.97. The predicted molar refractivity (Wildman–Crippen MR) is 73.6 cm³/mol. The number of carbonyl (C=O) groups excluding carboxylic acids is 1. The van der Waals surface area contributed by atoms with Gasteiger partial charge in [0.1, 0.15) is 0 Å². The molecule has 0 aliphatic heterocycles. The summed E-state index contributed by atoms with van der Waals surface area (Å²) >= 11 is 0. The Labute approximate surface area is 104 Å². The van der Waals surface area contributed by atoms with Gasteiger partial charge in [0.2, 0.25) is 5.91 Å². The first kappa shape index (κ1) is 10.7. The molecule has 3 rings (SSSR count). The number of anilines is 1. The van der Waals surface area contributed by atoms with Gasteiger partial charge in [0.15, 0.2) is 0 Å². The Hall–Kier alpha value is -2.42. The Bertz CT molecular complexity index is 696. The summed E-state index contributed by atoms with van der Waals surface area (Å²) in [6.45, 7) is 1.52. The molecular formula is C15H12N2O. The number of fused-ring (bicyclic) bond motifs is 2. The molecule has 1 amide bonds. The third-order valence-corrected chi connectivity index (χ3v) is 2.89. The molecule has 3 heteroatoms. The van der Waals surface area contributed by atoms with Crippen LogP contribution < -0.4 is 5.32 Å². The lowest BCUT2D eigenvalue weighted by Gasteiger charge is -2.10. The van der Waals surface area contributed by atoms with Crippen LogP contribution in [-0.4, -0.2) is 10.9 Å².